The summed E-state index contributed by atoms with van der Waals surface area (Å²) in [5.74, 6) is 0.569. The maximum Gasteiger partial charge on any atom is 0.0615 e. The highest BCUT2D eigenvalue weighted by Crippen LogP contribution is 2.23. The Morgan fingerprint density at radius 1 is 1.35 bits per heavy atom. The third-order valence-corrected chi connectivity index (χ3v) is 3.48. The largest absolute Gasteiger partial charge is 0.392 e. The van der Waals surface area contributed by atoms with Crippen LogP contribution in [0.5, 0.6) is 0 Å². The smallest absolute Gasteiger partial charge is 0.0615 e. The molecule has 0 amide bonds. The average molecular weight is 231 g/mol. The van der Waals surface area contributed by atoms with Crippen molar-refractivity contribution in [2.45, 2.75) is 19.9 Å². The van der Waals surface area contributed by atoms with Gasteiger partial charge in [0.25, 0.3) is 0 Å². The summed E-state index contributed by atoms with van der Waals surface area (Å²) < 4.78 is 0. The molecular weight excluding hydrogens is 210 g/mol. The second kappa shape index (κ2) is 5.99. The summed E-state index contributed by atoms with van der Waals surface area (Å²) in [6.45, 7) is 5.67. The number of aliphatic hydroxyl groups excluding tert-OH is 1. The Bertz CT molecular complexity index is 372. The molecule has 1 aliphatic heterocycles. The lowest BCUT2D eigenvalue weighted by molar-refractivity contribution is 0.211. The van der Waals surface area contributed by atoms with Crippen molar-refractivity contribution in [1.29, 1.82) is 0 Å². The van der Waals surface area contributed by atoms with Crippen LogP contribution in [0.4, 0.5) is 0 Å². The number of piperidine rings is 1. The van der Waals surface area contributed by atoms with Crippen molar-refractivity contribution in [1.82, 2.24) is 4.90 Å². The van der Waals surface area contributed by atoms with Crippen LogP contribution in [0.1, 0.15) is 18.9 Å². The van der Waals surface area contributed by atoms with Crippen LogP contribution in [0.15, 0.2) is 42.0 Å². The zero-order chi connectivity index (χ0) is 12.1. The van der Waals surface area contributed by atoms with Crippen LogP contribution in [0.3, 0.4) is 0 Å². The first-order valence-corrected chi connectivity index (χ1v) is 6.35. The summed E-state index contributed by atoms with van der Waals surface area (Å²) in [6.07, 6.45) is 3.07. The van der Waals surface area contributed by atoms with Crippen molar-refractivity contribution < 1.29 is 5.11 Å². The molecule has 0 aromatic heterocycles. The molecule has 2 nitrogen and oxygen atoms in total. The van der Waals surface area contributed by atoms with Gasteiger partial charge >= 0.3 is 0 Å². The molecule has 1 atom stereocenters. The van der Waals surface area contributed by atoms with E-state index in [1.807, 2.05) is 6.08 Å². The first-order valence-electron chi connectivity index (χ1n) is 6.35. The van der Waals surface area contributed by atoms with Gasteiger partial charge in [-0.2, -0.15) is 0 Å². The molecule has 1 fully saturated rings. The molecule has 0 saturated carbocycles. The van der Waals surface area contributed by atoms with E-state index in [2.05, 4.69) is 42.2 Å². The summed E-state index contributed by atoms with van der Waals surface area (Å²) in [5.41, 5.74) is 2.80. The Balaban J connectivity index is 1.92. The zero-order valence-corrected chi connectivity index (χ0v) is 10.5. The predicted octanol–water partition coefficient (Wildman–Crippen LogP) is 2.45. The van der Waals surface area contributed by atoms with E-state index < -0.39 is 0 Å². The molecule has 0 radical (unpaired) electrons. The van der Waals surface area contributed by atoms with E-state index >= 15 is 0 Å². The molecule has 0 aliphatic carbocycles. The summed E-state index contributed by atoms with van der Waals surface area (Å²) in [7, 11) is 0. The fourth-order valence-electron chi connectivity index (χ4n) is 2.54. The van der Waals surface area contributed by atoms with Crippen LogP contribution in [-0.4, -0.2) is 29.7 Å². The highest BCUT2D eigenvalue weighted by molar-refractivity contribution is 5.16. The predicted molar refractivity (Wildman–Crippen MR) is 70.7 cm³/mol. The fourth-order valence-corrected chi connectivity index (χ4v) is 2.54. The Hall–Kier alpha value is -1.12. The van der Waals surface area contributed by atoms with E-state index in [4.69, 9.17) is 5.11 Å². The summed E-state index contributed by atoms with van der Waals surface area (Å²) >= 11 is 0. The molecule has 1 aromatic carbocycles. The molecule has 1 aliphatic rings. The first kappa shape index (κ1) is 12.3. The molecule has 1 unspecified atom stereocenters. The number of hydrogen-bond acceptors (Lipinski definition) is 2. The van der Waals surface area contributed by atoms with Gasteiger partial charge in [-0.15, -0.1) is 0 Å². The maximum absolute atomic E-state index is 8.95. The van der Waals surface area contributed by atoms with E-state index in [9.17, 15) is 0 Å². The molecule has 0 spiro atoms. The summed E-state index contributed by atoms with van der Waals surface area (Å²) in [5, 5.41) is 8.95. The maximum atomic E-state index is 8.95. The lowest BCUT2D eigenvalue weighted by atomic mass is 9.93. The molecule has 17 heavy (non-hydrogen) atoms. The Labute approximate surface area is 104 Å². The normalized spacial score (nSPS) is 24.1. The minimum atomic E-state index is 0.179. The first-order chi connectivity index (χ1) is 8.29. The number of rotatable bonds is 3. The number of benzene rings is 1. The van der Waals surface area contributed by atoms with Gasteiger partial charge < -0.3 is 5.11 Å². The van der Waals surface area contributed by atoms with Gasteiger partial charge in [0, 0.05) is 19.6 Å². The number of hydrogen-bond donors (Lipinski definition) is 1. The fraction of sp³-hybridized carbons (Fsp3) is 0.467. The van der Waals surface area contributed by atoms with Crippen molar-refractivity contribution >= 4 is 0 Å². The Morgan fingerprint density at radius 2 is 2.12 bits per heavy atom. The number of nitrogens with zero attached hydrogens (tertiary/aromatic N) is 1. The van der Waals surface area contributed by atoms with Gasteiger partial charge in [0.05, 0.1) is 6.61 Å². The topological polar surface area (TPSA) is 23.5 Å². The molecule has 1 heterocycles. The van der Waals surface area contributed by atoms with E-state index in [0.717, 1.165) is 26.1 Å². The van der Waals surface area contributed by atoms with Gasteiger partial charge in [-0.3, -0.25) is 4.90 Å². The van der Waals surface area contributed by atoms with E-state index in [0.29, 0.717) is 5.92 Å². The van der Waals surface area contributed by atoms with Gasteiger partial charge in [0.15, 0.2) is 0 Å². The highest BCUT2D eigenvalue weighted by Gasteiger charge is 2.20. The van der Waals surface area contributed by atoms with Gasteiger partial charge in [0.2, 0.25) is 0 Å². The second-order valence-corrected chi connectivity index (χ2v) is 4.83. The Kier molecular flexibility index (Phi) is 4.35. The van der Waals surface area contributed by atoms with Crippen LogP contribution in [0.2, 0.25) is 0 Å². The minimum Gasteiger partial charge on any atom is -0.392 e. The molecule has 1 N–H and O–H groups in total. The van der Waals surface area contributed by atoms with Crippen LogP contribution in [0, 0.1) is 5.92 Å². The van der Waals surface area contributed by atoms with Crippen molar-refractivity contribution in [3.8, 4) is 0 Å². The van der Waals surface area contributed by atoms with Crippen LogP contribution in [0.25, 0.3) is 0 Å². The summed E-state index contributed by atoms with van der Waals surface area (Å²) in [4.78, 5) is 2.49. The monoisotopic (exact) mass is 231 g/mol. The van der Waals surface area contributed by atoms with E-state index in [1.165, 1.54) is 11.1 Å². The third-order valence-electron chi connectivity index (χ3n) is 3.48. The number of aliphatic hydroxyl groups is 1. The molecule has 1 aromatic rings. The van der Waals surface area contributed by atoms with Crippen LogP contribution < -0.4 is 0 Å². The van der Waals surface area contributed by atoms with E-state index in [1.54, 1.807) is 0 Å². The van der Waals surface area contributed by atoms with Crippen molar-refractivity contribution in [2.24, 2.45) is 5.92 Å². The van der Waals surface area contributed by atoms with Crippen molar-refractivity contribution in [3.05, 3.63) is 47.5 Å². The van der Waals surface area contributed by atoms with Gasteiger partial charge in [-0.25, -0.2) is 0 Å². The molecule has 1 saturated heterocycles. The number of likely N-dealkylation sites (tertiary alicyclic amines) is 1. The molecule has 2 rings (SSSR count). The van der Waals surface area contributed by atoms with Gasteiger partial charge in [-0.05, 0) is 17.9 Å². The molecule has 0 bridgehead atoms. The van der Waals surface area contributed by atoms with Crippen molar-refractivity contribution in [3.63, 3.8) is 0 Å². The standard InChI is InChI=1S/C15H21NO/c1-13-11-16(9-7-15(13)8-10-17)12-14-5-3-2-4-6-14/h2-6,8,13,17H,7,9-12H2,1H3/b15-8-. The van der Waals surface area contributed by atoms with Gasteiger partial charge in [-0.1, -0.05) is 48.9 Å². The third kappa shape index (κ3) is 3.42. The van der Waals surface area contributed by atoms with Crippen LogP contribution >= 0.6 is 0 Å². The zero-order valence-electron chi connectivity index (χ0n) is 10.5. The lowest BCUT2D eigenvalue weighted by Gasteiger charge is -2.33. The molecule has 2 heteroatoms. The molecular formula is C15H21NO. The van der Waals surface area contributed by atoms with Crippen molar-refractivity contribution in [2.75, 3.05) is 19.7 Å². The summed E-state index contributed by atoms with van der Waals surface area (Å²) in [6, 6.07) is 10.6. The lowest BCUT2D eigenvalue weighted by Crippen LogP contribution is -2.35. The Morgan fingerprint density at radius 3 is 2.76 bits per heavy atom. The molecule has 92 valence electrons. The average Bonchev–Trinajstić information content (AvgIpc) is 2.34. The van der Waals surface area contributed by atoms with E-state index in [-0.39, 0.29) is 6.61 Å². The minimum absolute atomic E-state index is 0.179. The van der Waals surface area contributed by atoms with Gasteiger partial charge in [0.1, 0.15) is 0 Å². The SMILES string of the molecule is CC1CN(Cc2ccccc2)CC/C1=C/CO. The quantitative estimate of drug-likeness (QED) is 0.808. The second-order valence-electron chi connectivity index (χ2n) is 4.83. The highest BCUT2D eigenvalue weighted by atomic mass is 16.2. The van der Waals surface area contributed by atoms with Crippen LogP contribution in [-0.2, 0) is 6.54 Å².